The summed E-state index contributed by atoms with van der Waals surface area (Å²) in [5, 5.41) is 9.41. The number of ether oxygens (including phenoxy) is 1. The molecule has 18 heavy (non-hydrogen) atoms. The van der Waals surface area contributed by atoms with Gasteiger partial charge in [0.05, 0.1) is 6.10 Å². The van der Waals surface area contributed by atoms with Crippen molar-refractivity contribution >= 4 is 15.9 Å². The van der Waals surface area contributed by atoms with Crippen LogP contribution in [0.15, 0.2) is 53.0 Å². The summed E-state index contributed by atoms with van der Waals surface area (Å²) in [6, 6.07) is 15.5. The van der Waals surface area contributed by atoms with Crippen LogP contribution in [0.5, 0.6) is 5.75 Å². The van der Waals surface area contributed by atoms with Crippen LogP contribution < -0.4 is 4.74 Å². The summed E-state index contributed by atoms with van der Waals surface area (Å²) in [4.78, 5) is 0. The monoisotopic (exact) mass is 306 g/mol. The van der Waals surface area contributed by atoms with Gasteiger partial charge in [-0.05, 0) is 30.7 Å². The number of hydrogen-bond acceptors (Lipinski definition) is 2. The van der Waals surface area contributed by atoms with Gasteiger partial charge in [0.15, 0.2) is 0 Å². The summed E-state index contributed by atoms with van der Waals surface area (Å²) >= 11 is 3.49. The Kier molecular flexibility index (Phi) is 4.39. The lowest BCUT2D eigenvalue weighted by Crippen LogP contribution is -1.97. The van der Waals surface area contributed by atoms with Crippen LogP contribution in [0.2, 0.25) is 0 Å². The van der Waals surface area contributed by atoms with E-state index in [2.05, 4.69) is 15.9 Å². The predicted octanol–water partition coefficient (Wildman–Crippen LogP) is 4.08. The summed E-state index contributed by atoms with van der Waals surface area (Å²) in [5.74, 6) is 0.801. The van der Waals surface area contributed by atoms with Crippen LogP contribution in [0.25, 0.3) is 0 Å². The van der Waals surface area contributed by atoms with E-state index in [9.17, 15) is 5.11 Å². The van der Waals surface area contributed by atoms with Crippen LogP contribution in [-0.2, 0) is 6.61 Å². The van der Waals surface area contributed by atoms with E-state index in [0.717, 1.165) is 21.3 Å². The molecule has 3 heteroatoms. The van der Waals surface area contributed by atoms with Crippen molar-refractivity contribution in [3.8, 4) is 5.75 Å². The van der Waals surface area contributed by atoms with Crippen molar-refractivity contribution in [3.05, 3.63) is 64.1 Å². The molecule has 0 bridgehead atoms. The van der Waals surface area contributed by atoms with Crippen molar-refractivity contribution in [1.29, 1.82) is 0 Å². The number of benzene rings is 2. The van der Waals surface area contributed by atoms with Crippen molar-refractivity contribution in [2.24, 2.45) is 0 Å². The maximum Gasteiger partial charge on any atom is 0.119 e. The van der Waals surface area contributed by atoms with Gasteiger partial charge in [-0.25, -0.2) is 0 Å². The minimum absolute atomic E-state index is 0.442. The molecular weight excluding hydrogens is 292 g/mol. The summed E-state index contributed by atoms with van der Waals surface area (Å²) in [5.41, 5.74) is 2.00. The standard InChI is InChI=1S/C15H15BrO2/c1-11(17)12-6-8-14(9-7-12)18-10-13-4-2-3-5-15(13)16/h2-9,11,17H,10H2,1H3/t11-/m0/s1. The maximum atomic E-state index is 9.41. The Morgan fingerprint density at radius 2 is 1.78 bits per heavy atom. The van der Waals surface area contributed by atoms with E-state index in [0.29, 0.717) is 6.61 Å². The van der Waals surface area contributed by atoms with E-state index in [4.69, 9.17) is 4.74 Å². The number of halogens is 1. The number of aliphatic hydroxyl groups is 1. The van der Waals surface area contributed by atoms with Crippen LogP contribution in [0.4, 0.5) is 0 Å². The number of rotatable bonds is 4. The molecular formula is C15H15BrO2. The molecule has 1 atom stereocenters. The third-order valence-corrected chi connectivity index (χ3v) is 3.49. The van der Waals surface area contributed by atoms with E-state index < -0.39 is 6.10 Å². The molecule has 2 aromatic rings. The summed E-state index contributed by atoms with van der Waals surface area (Å²) in [7, 11) is 0. The topological polar surface area (TPSA) is 29.5 Å². The molecule has 2 rings (SSSR count). The third kappa shape index (κ3) is 3.34. The highest BCUT2D eigenvalue weighted by atomic mass is 79.9. The normalized spacial score (nSPS) is 12.2. The Labute approximate surface area is 115 Å². The van der Waals surface area contributed by atoms with Gasteiger partial charge in [0.2, 0.25) is 0 Å². The van der Waals surface area contributed by atoms with E-state index in [1.807, 2.05) is 48.5 Å². The Hall–Kier alpha value is -1.32. The lowest BCUT2D eigenvalue weighted by atomic mass is 10.1. The lowest BCUT2D eigenvalue weighted by molar-refractivity contribution is 0.199. The number of hydrogen-bond donors (Lipinski definition) is 1. The Morgan fingerprint density at radius 1 is 1.11 bits per heavy atom. The average molecular weight is 307 g/mol. The summed E-state index contributed by atoms with van der Waals surface area (Å²) < 4.78 is 6.74. The van der Waals surface area contributed by atoms with Crippen molar-refractivity contribution in [1.82, 2.24) is 0 Å². The van der Waals surface area contributed by atoms with Gasteiger partial charge < -0.3 is 9.84 Å². The van der Waals surface area contributed by atoms with E-state index >= 15 is 0 Å². The SMILES string of the molecule is C[C@H](O)c1ccc(OCc2ccccc2Br)cc1. The van der Waals surface area contributed by atoms with Gasteiger partial charge in [-0.2, -0.15) is 0 Å². The molecule has 0 unspecified atom stereocenters. The van der Waals surface area contributed by atoms with Crippen LogP contribution in [-0.4, -0.2) is 5.11 Å². The van der Waals surface area contributed by atoms with Crippen LogP contribution >= 0.6 is 15.9 Å². The van der Waals surface area contributed by atoms with Gasteiger partial charge in [-0.1, -0.05) is 46.3 Å². The first-order chi connectivity index (χ1) is 8.66. The van der Waals surface area contributed by atoms with Gasteiger partial charge in [0, 0.05) is 10.0 Å². The summed E-state index contributed by atoms with van der Waals surface area (Å²) in [6.07, 6.45) is -0.442. The first-order valence-electron chi connectivity index (χ1n) is 5.81. The number of aliphatic hydroxyl groups excluding tert-OH is 1. The minimum Gasteiger partial charge on any atom is -0.489 e. The highest BCUT2D eigenvalue weighted by Crippen LogP contribution is 2.21. The zero-order valence-corrected chi connectivity index (χ0v) is 11.7. The average Bonchev–Trinajstić information content (AvgIpc) is 2.38. The van der Waals surface area contributed by atoms with Crippen molar-refractivity contribution in [3.63, 3.8) is 0 Å². The first kappa shape index (κ1) is 13.1. The zero-order chi connectivity index (χ0) is 13.0. The molecule has 0 saturated heterocycles. The first-order valence-corrected chi connectivity index (χ1v) is 6.60. The molecule has 0 aliphatic rings. The fourth-order valence-electron chi connectivity index (χ4n) is 1.62. The minimum atomic E-state index is -0.442. The molecule has 0 radical (unpaired) electrons. The molecule has 0 fully saturated rings. The van der Waals surface area contributed by atoms with Gasteiger partial charge in [0.25, 0.3) is 0 Å². The maximum absolute atomic E-state index is 9.41. The zero-order valence-electron chi connectivity index (χ0n) is 10.1. The molecule has 2 nitrogen and oxygen atoms in total. The Morgan fingerprint density at radius 3 is 2.39 bits per heavy atom. The van der Waals surface area contributed by atoms with Crippen LogP contribution in [0.3, 0.4) is 0 Å². The predicted molar refractivity (Wildman–Crippen MR) is 75.5 cm³/mol. The Balaban J connectivity index is 2.00. The second kappa shape index (κ2) is 6.03. The van der Waals surface area contributed by atoms with Crippen LogP contribution in [0, 0.1) is 0 Å². The summed E-state index contributed by atoms with van der Waals surface area (Å²) in [6.45, 7) is 2.27. The highest BCUT2D eigenvalue weighted by molar-refractivity contribution is 9.10. The molecule has 94 valence electrons. The van der Waals surface area contributed by atoms with Gasteiger partial charge in [0.1, 0.15) is 12.4 Å². The molecule has 0 aliphatic carbocycles. The quantitative estimate of drug-likeness (QED) is 0.922. The van der Waals surface area contributed by atoms with E-state index in [1.54, 1.807) is 6.92 Å². The van der Waals surface area contributed by atoms with Crippen molar-refractivity contribution in [2.75, 3.05) is 0 Å². The molecule has 0 aliphatic heterocycles. The molecule has 0 heterocycles. The second-order valence-electron chi connectivity index (χ2n) is 4.13. The molecule has 2 aromatic carbocycles. The molecule has 0 aromatic heterocycles. The molecule has 0 saturated carbocycles. The van der Waals surface area contributed by atoms with Crippen LogP contribution in [0.1, 0.15) is 24.2 Å². The molecule has 0 spiro atoms. The second-order valence-corrected chi connectivity index (χ2v) is 4.98. The van der Waals surface area contributed by atoms with Gasteiger partial charge in [-0.3, -0.25) is 0 Å². The van der Waals surface area contributed by atoms with Gasteiger partial charge >= 0.3 is 0 Å². The van der Waals surface area contributed by atoms with Crippen molar-refractivity contribution < 1.29 is 9.84 Å². The fraction of sp³-hybridized carbons (Fsp3) is 0.200. The Bertz CT molecular complexity index is 506. The molecule has 0 amide bonds. The molecule has 1 N–H and O–H groups in total. The highest BCUT2D eigenvalue weighted by Gasteiger charge is 2.02. The smallest absolute Gasteiger partial charge is 0.119 e. The van der Waals surface area contributed by atoms with Crippen molar-refractivity contribution in [2.45, 2.75) is 19.6 Å². The van der Waals surface area contributed by atoms with Gasteiger partial charge in [-0.15, -0.1) is 0 Å². The fourth-order valence-corrected chi connectivity index (χ4v) is 2.02. The largest absolute Gasteiger partial charge is 0.489 e. The third-order valence-electron chi connectivity index (χ3n) is 2.71. The van der Waals surface area contributed by atoms with E-state index in [-0.39, 0.29) is 0 Å². The van der Waals surface area contributed by atoms with E-state index in [1.165, 1.54) is 0 Å². The lowest BCUT2D eigenvalue weighted by Gasteiger charge is -2.09.